The van der Waals surface area contributed by atoms with Crippen molar-refractivity contribution in [2.75, 3.05) is 0 Å². The van der Waals surface area contributed by atoms with Gasteiger partial charge in [-0.2, -0.15) is 0 Å². The van der Waals surface area contributed by atoms with Crippen molar-refractivity contribution in [1.29, 1.82) is 0 Å². The second kappa shape index (κ2) is 6.22. The number of fused-ring (bicyclic) bond motifs is 7. The molecule has 6 rings (SSSR count). The minimum Gasteiger partial charge on any atom is -0.0877 e. The van der Waals surface area contributed by atoms with Gasteiger partial charge < -0.3 is 0 Å². The summed E-state index contributed by atoms with van der Waals surface area (Å²) in [5.41, 5.74) is 3.87. The molecule has 0 N–H and O–H groups in total. The molecule has 1 heteroatoms. The lowest BCUT2D eigenvalue weighted by molar-refractivity contribution is 1.71. The van der Waals surface area contributed by atoms with Crippen molar-refractivity contribution in [3.8, 4) is 11.1 Å². The maximum absolute atomic E-state index is 2.38. The van der Waals surface area contributed by atoms with Gasteiger partial charge in [-0.1, -0.05) is 103 Å². The van der Waals surface area contributed by atoms with Crippen LogP contribution >= 0.6 is 0 Å². The average Bonchev–Trinajstić information content (AvgIpc) is 2.78. The van der Waals surface area contributed by atoms with Gasteiger partial charge in [-0.25, -0.2) is 0 Å². The van der Waals surface area contributed by atoms with E-state index in [0.717, 1.165) is 0 Å². The SMILES string of the molecule is Bc1cc(-c2ccc3c4ccccc4c4ccccc4c3c2)c2ccccc2c1. The number of hydrogen-bond donors (Lipinski definition) is 0. The second-order valence-electron chi connectivity index (χ2n) is 7.89. The fourth-order valence-corrected chi connectivity index (χ4v) is 4.77. The number of hydrogen-bond acceptors (Lipinski definition) is 0. The molecule has 29 heavy (non-hydrogen) atoms. The molecule has 0 saturated carbocycles. The summed E-state index contributed by atoms with van der Waals surface area (Å²) in [5, 5.41) is 10.5. The molecule has 6 aromatic rings. The minimum atomic E-state index is 1.28. The van der Waals surface area contributed by atoms with Crippen LogP contribution in [0.4, 0.5) is 0 Å². The first kappa shape index (κ1) is 16.4. The average molecular weight is 366 g/mol. The lowest BCUT2D eigenvalue weighted by Crippen LogP contribution is -2.02. The smallest absolute Gasteiger partial charge is 0.0877 e. The molecule has 0 amide bonds. The first-order valence-electron chi connectivity index (χ1n) is 10.1. The van der Waals surface area contributed by atoms with Crippen LogP contribution in [0, 0.1) is 0 Å². The molecule has 0 aromatic heterocycles. The highest BCUT2D eigenvalue weighted by atomic mass is 14.1. The Morgan fingerprint density at radius 2 is 0.931 bits per heavy atom. The predicted octanol–water partition coefficient (Wildman–Crippen LogP) is 6.22. The Labute approximate surface area is 170 Å². The summed E-state index contributed by atoms with van der Waals surface area (Å²) in [4.78, 5) is 0. The molecule has 0 saturated heterocycles. The van der Waals surface area contributed by atoms with Crippen LogP contribution in [0.2, 0.25) is 0 Å². The van der Waals surface area contributed by atoms with E-state index in [9.17, 15) is 0 Å². The van der Waals surface area contributed by atoms with E-state index in [1.165, 1.54) is 59.7 Å². The van der Waals surface area contributed by atoms with Crippen LogP contribution in [0.15, 0.2) is 103 Å². The Morgan fingerprint density at radius 1 is 0.414 bits per heavy atom. The minimum absolute atomic E-state index is 1.28. The lowest BCUT2D eigenvalue weighted by Gasteiger charge is -2.13. The highest BCUT2D eigenvalue weighted by Crippen LogP contribution is 2.38. The molecule has 0 nitrogen and oxygen atoms in total. The molecule has 134 valence electrons. The quantitative estimate of drug-likeness (QED) is 0.239. The summed E-state index contributed by atoms with van der Waals surface area (Å²) in [6.07, 6.45) is 0. The van der Waals surface area contributed by atoms with Crippen LogP contribution in [0.5, 0.6) is 0 Å². The van der Waals surface area contributed by atoms with Gasteiger partial charge in [0, 0.05) is 0 Å². The summed E-state index contributed by atoms with van der Waals surface area (Å²) in [5.74, 6) is 0. The fraction of sp³-hybridized carbons (Fsp3) is 0. The normalized spacial score (nSPS) is 11.6. The zero-order valence-electron chi connectivity index (χ0n) is 16.3. The van der Waals surface area contributed by atoms with Crippen molar-refractivity contribution >= 4 is 56.4 Å². The van der Waals surface area contributed by atoms with Gasteiger partial charge in [-0.05, 0) is 60.3 Å². The van der Waals surface area contributed by atoms with Gasteiger partial charge in [-0.3, -0.25) is 0 Å². The molecule has 0 spiro atoms. The number of benzene rings is 6. The standard InChI is InChI=1S/C28H19B/c29-20-15-18-7-1-2-8-21(18)27(17-20)19-13-14-26-24-11-4-3-9-22(24)23-10-5-6-12-25(23)28(26)16-19/h1-17H,29H2. The third-order valence-electron chi connectivity index (χ3n) is 6.06. The third kappa shape index (κ3) is 2.48. The van der Waals surface area contributed by atoms with Crippen LogP contribution in [-0.4, -0.2) is 7.85 Å². The maximum atomic E-state index is 2.38. The van der Waals surface area contributed by atoms with Crippen LogP contribution in [0.25, 0.3) is 54.2 Å². The molecule has 0 fully saturated rings. The van der Waals surface area contributed by atoms with E-state index >= 15 is 0 Å². The monoisotopic (exact) mass is 366 g/mol. The fourth-order valence-electron chi connectivity index (χ4n) is 4.77. The van der Waals surface area contributed by atoms with Crippen molar-refractivity contribution in [3.05, 3.63) is 103 Å². The van der Waals surface area contributed by atoms with E-state index in [0.29, 0.717) is 0 Å². The van der Waals surface area contributed by atoms with E-state index in [2.05, 4.69) is 111 Å². The summed E-state index contributed by atoms with van der Waals surface area (Å²) in [6, 6.07) is 37.7. The molecule has 0 aliphatic carbocycles. The van der Waals surface area contributed by atoms with Crippen LogP contribution < -0.4 is 5.46 Å². The van der Waals surface area contributed by atoms with E-state index in [4.69, 9.17) is 0 Å². The highest BCUT2D eigenvalue weighted by Gasteiger charge is 2.11. The van der Waals surface area contributed by atoms with Gasteiger partial charge in [-0.15, -0.1) is 0 Å². The molecule has 0 unspecified atom stereocenters. The topological polar surface area (TPSA) is 0 Å². The van der Waals surface area contributed by atoms with Gasteiger partial charge in [0.05, 0.1) is 0 Å². The largest absolute Gasteiger partial charge is 0.139 e. The van der Waals surface area contributed by atoms with Crippen LogP contribution in [0.3, 0.4) is 0 Å². The van der Waals surface area contributed by atoms with E-state index in [1.54, 1.807) is 0 Å². The molecule has 0 aliphatic heterocycles. The summed E-state index contributed by atoms with van der Waals surface area (Å²) < 4.78 is 0. The zero-order chi connectivity index (χ0) is 19.4. The first-order chi connectivity index (χ1) is 14.3. The lowest BCUT2D eigenvalue weighted by atomic mass is 9.86. The molecule has 0 heterocycles. The Bertz CT molecular complexity index is 1520. The Kier molecular flexibility index (Phi) is 3.51. The van der Waals surface area contributed by atoms with E-state index in [1.807, 2.05) is 0 Å². The molecule has 0 aliphatic rings. The molecule has 0 atom stereocenters. The first-order valence-corrected chi connectivity index (χ1v) is 10.1. The Balaban J connectivity index is 1.76. The van der Waals surface area contributed by atoms with E-state index in [-0.39, 0.29) is 0 Å². The number of rotatable bonds is 1. The van der Waals surface area contributed by atoms with Gasteiger partial charge in [0.1, 0.15) is 7.85 Å². The predicted molar refractivity (Wildman–Crippen MR) is 130 cm³/mol. The van der Waals surface area contributed by atoms with Gasteiger partial charge in [0.25, 0.3) is 0 Å². The Morgan fingerprint density at radius 3 is 1.59 bits per heavy atom. The van der Waals surface area contributed by atoms with Crippen molar-refractivity contribution in [3.63, 3.8) is 0 Å². The third-order valence-corrected chi connectivity index (χ3v) is 6.06. The molecule has 0 radical (unpaired) electrons. The molecule has 0 bridgehead atoms. The van der Waals surface area contributed by atoms with Crippen molar-refractivity contribution in [2.45, 2.75) is 0 Å². The van der Waals surface area contributed by atoms with E-state index < -0.39 is 0 Å². The van der Waals surface area contributed by atoms with Crippen LogP contribution in [0.1, 0.15) is 0 Å². The summed E-state index contributed by atoms with van der Waals surface area (Å²) in [7, 11) is 2.18. The Hall–Kier alpha value is -3.58. The van der Waals surface area contributed by atoms with Gasteiger partial charge in [0.15, 0.2) is 0 Å². The molecular weight excluding hydrogens is 347 g/mol. The summed E-state index contributed by atoms with van der Waals surface area (Å²) >= 11 is 0. The molecular formula is C28H19B. The highest BCUT2D eigenvalue weighted by molar-refractivity contribution is 6.34. The molecule has 6 aromatic carbocycles. The summed E-state index contributed by atoms with van der Waals surface area (Å²) in [6.45, 7) is 0. The van der Waals surface area contributed by atoms with Crippen LogP contribution in [-0.2, 0) is 0 Å². The maximum Gasteiger partial charge on any atom is 0.139 e. The van der Waals surface area contributed by atoms with Crippen molar-refractivity contribution in [1.82, 2.24) is 0 Å². The van der Waals surface area contributed by atoms with Gasteiger partial charge >= 0.3 is 0 Å². The second-order valence-corrected chi connectivity index (χ2v) is 7.89. The van der Waals surface area contributed by atoms with Crippen molar-refractivity contribution < 1.29 is 0 Å². The van der Waals surface area contributed by atoms with Crippen molar-refractivity contribution in [2.24, 2.45) is 0 Å². The zero-order valence-corrected chi connectivity index (χ0v) is 16.3. The van der Waals surface area contributed by atoms with Gasteiger partial charge in [0.2, 0.25) is 0 Å².